The zero-order valence-corrected chi connectivity index (χ0v) is 12.7. The van der Waals surface area contributed by atoms with Crippen molar-refractivity contribution in [1.29, 1.82) is 0 Å². The summed E-state index contributed by atoms with van der Waals surface area (Å²) in [6.45, 7) is 5.79. The Labute approximate surface area is 118 Å². The van der Waals surface area contributed by atoms with Gasteiger partial charge in [0.15, 0.2) is 0 Å². The molecule has 0 aromatic rings. The summed E-state index contributed by atoms with van der Waals surface area (Å²) in [6.07, 6.45) is 9.14. The molecular formula is C16H32N2O. The van der Waals surface area contributed by atoms with Crippen LogP contribution in [-0.2, 0) is 0 Å². The molecule has 2 rings (SSSR count). The molecule has 1 saturated carbocycles. The second kappa shape index (κ2) is 7.05. The van der Waals surface area contributed by atoms with Crippen molar-refractivity contribution in [3.8, 4) is 0 Å². The number of rotatable bonds is 5. The summed E-state index contributed by atoms with van der Waals surface area (Å²) in [5.41, 5.74) is 6.38. The highest BCUT2D eigenvalue weighted by Crippen LogP contribution is 2.36. The van der Waals surface area contributed by atoms with Crippen LogP contribution in [0.15, 0.2) is 0 Å². The molecule has 0 radical (unpaired) electrons. The standard InChI is InChI=1S/C16H32N2O/c1-12(2)10-14(17)16(11-19)18-9-5-7-13-6-3-4-8-15(13)18/h12-16,19H,3-11,17H2,1-2H3/t13-,14?,15-,16?/m1/s1. The van der Waals surface area contributed by atoms with E-state index in [1.807, 2.05) is 0 Å². The highest BCUT2D eigenvalue weighted by atomic mass is 16.3. The topological polar surface area (TPSA) is 49.5 Å². The molecule has 1 aliphatic heterocycles. The van der Waals surface area contributed by atoms with Gasteiger partial charge in [-0.05, 0) is 50.5 Å². The van der Waals surface area contributed by atoms with E-state index in [1.54, 1.807) is 0 Å². The van der Waals surface area contributed by atoms with E-state index in [0.29, 0.717) is 12.0 Å². The van der Waals surface area contributed by atoms with E-state index in [2.05, 4.69) is 18.7 Å². The Hall–Kier alpha value is -0.120. The largest absolute Gasteiger partial charge is 0.395 e. The minimum Gasteiger partial charge on any atom is -0.395 e. The molecule has 2 unspecified atom stereocenters. The number of hydrogen-bond acceptors (Lipinski definition) is 3. The Balaban J connectivity index is 2.03. The molecule has 1 aliphatic carbocycles. The third kappa shape index (κ3) is 3.71. The van der Waals surface area contributed by atoms with Gasteiger partial charge in [0.2, 0.25) is 0 Å². The molecule has 0 bridgehead atoms. The molecule has 19 heavy (non-hydrogen) atoms. The second-order valence-electron chi connectivity index (χ2n) is 7.04. The number of nitrogens with two attached hydrogens (primary N) is 1. The first-order valence-corrected chi connectivity index (χ1v) is 8.25. The van der Waals surface area contributed by atoms with Crippen molar-refractivity contribution in [1.82, 2.24) is 4.90 Å². The zero-order valence-electron chi connectivity index (χ0n) is 12.7. The van der Waals surface area contributed by atoms with Crippen LogP contribution in [-0.4, -0.2) is 41.3 Å². The fourth-order valence-electron chi connectivity index (χ4n) is 4.26. The minimum absolute atomic E-state index is 0.116. The number of piperidine rings is 1. The maximum absolute atomic E-state index is 9.83. The summed E-state index contributed by atoms with van der Waals surface area (Å²) in [5.74, 6) is 1.47. The fourth-order valence-corrected chi connectivity index (χ4v) is 4.26. The predicted octanol–water partition coefficient (Wildman–Crippen LogP) is 2.38. The van der Waals surface area contributed by atoms with Crippen molar-refractivity contribution < 1.29 is 5.11 Å². The van der Waals surface area contributed by atoms with Gasteiger partial charge in [-0.25, -0.2) is 0 Å². The molecule has 1 heterocycles. The van der Waals surface area contributed by atoms with Crippen LogP contribution in [0.3, 0.4) is 0 Å². The number of aliphatic hydroxyl groups is 1. The van der Waals surface area contributed by atoms with Crippen molar-refractivity contribution in [2.24, 2.45) is 17.6 Å². The van der Waals surface area contributed by atoms with E-state index in [9.17, 15) is 5.11 Å². The number of aliphatic hydroxyl groups excluding tert-OH is 1. The first kappa shape index (κ1) is 15.3. The van der Waals surface area contributed by atoms with E-state index in [0.717, 1.165) is 18.9 Å². The van der Waals surface area contributed by atoms with Crippen LogP contribution in [0.5, 0.6) is 0 Å². The minimum atomic E-state index is 0.116. The lowest BCUT2D eigenvalue weighted by Gasteiger charge is -2.48. The number of nitrogens with zero attached hydrogens (tertiary/aromatic N) is 1. The maximum atomic E-state index is 9.83. The molecule has 3 nitrogen and oxygen atoms in total. The molecule has 112 valence electrons. The van der Waals surface area contributed by atoms with Gasteiger partial charge in [0.1, 0.15) is 0 Å². The summed E-state index contributed by atoms with van der Waals surface area (Å²) in [5, 5.41) is 9.83. The Morgan fingerprint density at radius 1 is 1.16 bits per heavy atom. The van der Waals surface area contributed by atoms with Crippen molar-refractivity contribution >= 4 is 0 Å². The summed E-state index contributed by atoms with van der Waals surface area (Å²) >= 11 is 0. The normalized spacial score (nSPS) is 32.1. The average molecular weight is 268 g/mol. The highest BCUT2D eigenvalue weighted by molar-refractivity contribution is 4.93. The van der Waals surface area contributed by atoms with E-state index in [4.69, 9.17) is 5.73 Å². The highest BCUT2D eigenvalue weighted by Gasteiger charge is 2.38. The predicted molar refractivity (Wildman–Crippen MR) is 80.0 cm³/mol. The molecular weight excluding hydrogens is 236 g/mol. The lowest BCUT2D eigenvalue weighted by Crippen LogP contribution is -2.58. The van der Waals surface area contributed by atoms with Gasteiger partial charge in [-0.1, -0.05) is 26.7 Å². The number of hydrogen-bond donors (Lipinski definition) is 2. The first-order valence-electron chi connectivity index (χ1n) is 8.25. The first-order chi connectivity index (χ1) is 9.13. The zero-order chi connectivity index (χ0) is 13.8. The summed E-state index contributed by atoms with van der Waals surface area (Å²) in [6, 6.07) is 0.983. The summed E-state index contributed by atoms with van der Waals surface area (Å²) < 4.78 is 0. The molecule has 2 aliphatic rings. The van der Waals surface area contributed by atoms with Crippen LogP contribution in [0.25, 0.3) is 0 Å². The van der Waals surface area contributed by atoms with Crippen LogP contribution in [0, 0.1) is 11.8 Å². The molecule has 0 amide bonds. The van der Waals surface area contributed by atoms with Gasteiger partial charge >= 0.3 is 0 Å². The van der Waals surface area contributed by atoms with Crippen LogP contribution in [0.4, 0.5) is 0 Å². The van der Waals surface area contributed by atoms with Gasteiger partial charge in [-0.3, -0.25) is 4.90 Å². The lowest BCUT2D eigenvalue weighted by molar-refractivity contribution is -0.00614. The monoisotopic (exact) mass is 268 g/mol. The number of likely N-dealkylation sites (tertiary alicyclic amines) is 1. The van der Waals surface area contributed by atoms with Gasteiger partial charge in [0.25, 0.3) is 0 Å². The lowest BCUT2D eigenvalue weighted by atomic mass is 9.77. The Morgan fingerprint density at radius 3 is 2.53 bits per heavy atom. The molecule has 4 atom stereocenters. The van der Waals surface area contributed by atoms with Crippen LogP contribution in [0.1, 0.15) is 58.8 Å². The number of fused-ring (bicyclic) bond motifs is 1. The van der Waals surface area contributed by atoms with E-state index in [-0.39, 0.29) is 18.7 Å². The van der Waals surface area contributed by atoms with Crippen molar-refractivity contribution in [3.63, 3.8) is 0 Å². The molecule has 2 fully saturated rings. The Bertz CT molecular complexity index is 267. The van der Waals surface area contributed by atoms with Crippen molar-refractivity contribution in [2.75, 3.05) is 13.2 Å². The van der Waals surface area contributed by atoms with Gasteiger partial charge < -0.3 is 10.8 Å². The van der Waals surface area contributed by atoms with Crippen molar-refractivity contribution in [3.05, 3.63) is 0 Å². The molecule has 3 heteroatoms. The fraction of sp³-hybridized carbons (Fsp3) is 1.00. The van der Waals surface area contributed by atoms with Gasteiger partial charge in [0.05, 0.1) is 6.61 Å². The quantitative estimate of drug-likeness (QED) is 0.805. The van der Waals surface area contributed by atoms with Crippen molar-refractivity contribution in [2.45, 2.75) is 76.9 Å². The Morgan fingerprint density at radius 2 is 1.84 bits per heavy atom. The van der Waals surface area contributed by atoms with E-state index in [1.165, 1.54) is 38.5 Å². The molecule has 0 spiro atoms. The molecule has 3 N–H and O–H groups in total. The smallest absolute Gasteiger partial charge is 0.0602 e. The Kier molecular flexibility index (Phi) is 5.67. The van der Waals surface area contributed by atoms with Gasteiger partial charge in [0, 0.05) is 18.1 Å². The molecule has 0 aromatic heterocycles. The van der Waals surface area contributed by atoms with E-state index >= 15 is 0 Å². The summed E-state index contributed by atoms with van der Waals surface area (Å²) in [4.78, 5) is 2.57. The van der Waals surface area contributed by atoms with Crippen LogP contribution >= 0.6 is 0 Å². The van der Waals surface area contributed by atoms with E-state index < -0.39 is 0 Å². The molecule has 1 saturated heterocycles. The third-order valence-electron chi connectivity index (χ3n) is 5.14. The second-order valence-corrected chi connectivity index (χ2v) is 7.04. The van der Waals surface area contributed by atoms with Gasteiger partial charge in [-0.15, -0.1) is 0 Å². The molecule has 0 aromatic carbocycles. The van der Waals surface area contributed by atoms with Crippen LogP contribution in [0.2, 0.25) is 0 Å². The average Bonchev–Trinajstić information content (AvgIpc) is 2.39. The summed E-state index contributed by atoms with van der Waals surface area (Å²) in [7, 11) is 0. The SMILES string of the molecule is CC(C)CC(N)C(CO)N1CCC[C@H]2CCCC[C@H]21. The third-order valence-corrected chi connectivity index (χ3v) is 5.14. The maximum Gasteiger partial charge on any atom is 0.0602 e. The van der Waals surface area contributed by atoms with Crippen LogP contribution < -0.4 is 5.73 Å². The van der Waals surface area contributed by atoms with Gasteiger partial charge in [-0.2, -0.15) is 0 Å².